The van der Waals surface area contributed by atoms with Gasteiger partial charge in [0.2, 0.25) is 0 Å². The molecule has 12 heteroatoms. The van der Waals surface area contributed by atoms with Gasteiger partial charge >= 0.3 is 5.97 Å². The third-order valence-electron chi connectivity index (χ3n) is 4.69. The molecule has 0 spiro atoms. The number of nitro benzene ring substituents is 1. The lowest BCUT2D eigenvalue weighted by molar-refractivity contribution is -0.384. The van der Waals surface area contributed by atoms with E-state index < -0.39 is 28.6 Å². The number of ether oxygens (including phenoxy) is 3. The number of nitrogens with zero attached hydrogens (tertiary/aromatic N) is 2. The first-order valence-corrected chi connectivity index (χ1v) is 12.8. The number of amides is 2. The van der Waals surface area contributed by atoms with Gasteiger partial charge in [-0.15, -0.1) is 0 Å². The molecule has 1 aliphatic heterocycles. The number of imide groups is 1. The Balaban J connectivity index is 1.79. The molecule has 0 atom stereocenters. The lowest BCUT2D eigenvalue weighted by atomic mass is 10.1. The molecule has 1 aliphatic rings. The van der Waals surface area contributed by atoms with Crippen LogP contribution < -0.4 is 9.47 Å². The molecule has 0 radical (unpaired) electrons. The van der Waals surface area contributed by atoms with E-state index in [1.807, 2.05) is 6.92 Å². The van der Waals surface area contributed by atoms with Gasteiger partial charge in [0.05, 0.1) is 26.1 Å². The minimum atomic E-state index is -0.656. The Kier molecular flexibility index (Phi) is 9.31. The Labute approximate surface area is 225 Å². The van der Waals surface area contributed by atoms with Crippen molar-refractivity contribution >= 4 is 63.2 Å². The van der Waals surface area contributed by atoms with Gasteiger partial charge in [-0.25, -0.2) is 0 Å². The molecule has 1 saturated heterocycles. The lowest BCUT2D eigenvalue weighted by Gasteiger charge is -2.15. The molecule has 0 bridgehead atoms. The van der Waals surface area contributed by atoms with Gasteiger partial charge in [-0.05, 0) is 96.6 Å². The number of nitro groups is 1. The zero-order valence-electron chi connectivity index (χ0n) is 19.7. The molecule has 10 nitrogen and oxygen atoms in total. The average molecular weight is 626 g/mol. The Morgan fingerprint density at radius 1 is 1.19 bits per heavy atom. The van der Waals surface area contributed by atoms with Crippen LogP contribution in [-0.2, 0) is 20.9 Å². The predicted octanol–water partition coefficient (Wildman–Crippen LogP) is 5.17. The fraction of sp³-hybridized carbons (Fsp3) is 0.292. The van der Waals surface area contributed by atoms with Crippen molar-refractivity contribution in [3.05, 3.63) is 66.1 Å². The molecule has 2 aromatic carbocycles. The van der Waals surface area contributed by atoms with Gasteiger partial charge in [0.15, 0.2) is 11.5 Å². The van der Waals surface area contributed by atoms with Gasteiger partial charge in [-0.1, -0.05) is 0 Å². The highest BCUT2D eigenvalue weighted by molar-refractivity contribution is 14.1. The van der Waals surface area contributed by atoms with Crippen molar-refractivity contribution in [1.82, 2.24) is 4.90 Å². The first kappa shape index (κ1) is 27.5. The van der Waals surface area contributed by atoms with Crippen LogP contribution in [0.2, 0.25) is 0 Å². The number of benzene rings is 2. The second-order valence-electron chi connectivity index (χ2n) is 7.78. The van der Waals surface area contributed by atoms with E-state index in [0.717, 1.165) is 22.2 Å². The van der Waals surface area contributed by atoms with E-state index in [-0.39, 0.29) is 23.3 Å². The number of carbonyl (C=O) groups is 3. The Morgan fingerprint density at radius 2 is 1.89 bits per heavy atom. The topological polar surface area (TPSA) is 125 Å². The van der Waals surface area contributed by atoms with Crippen LogP contribution in [0, 0.1) is 13.7 Å². The molecule has 2 aromatic rings. The summed E-state index contributed by atoms with van der Waals surface area (Å²) in [4.78, 5) is 48.4. The van der Waals surface area contributed by atoms with Crippen molar-refractivity contribution in [2.24, 2.45) is 0 Å². The number of esters is 1. The number of halogens is 1. The molecule has 190 valence electrons. The highest BCUT2D eigenvalue weighted by Crippen LogP contribution is 2.38. The summed E-state index contributed by atoms with van der Waals surface area (Å²) in [5, 5.41) is 10.3. The standard InChI is InChI=1S/C24H23IN2O8S/c1-4-33-19-10-16(11-20-23(29)26(24(30)36-20)12-21(28)35-14(2)3)9-18(25)22(19)34-13-15-5-7-17(8-6-15)27(31)32/h5-11,14H,4,12-13H2,1-3H3/b20-11-. The second-order valence-corrected chi connectivity index (χ2v) is 9.94. The molecule has 1 heterocycles. The summed E-state index contributed by atoms with van der Waals surface area (Å²) >= 11 is 2.83. The molecular weight excluding hydrogens is 603 g/mol. The van der Waals surface area contributed by atoms with Crippen LogP contribution >= 0.6 is 34.4 Å². The first-order chi connectivity index (χ1) is 17.1. The molecule has 36 heavy (non-hydrogen) atoms. The number of hydrogen-bond donors (Lipinski definition) is 0. The third kappa shape index (κ3) is 6.97. The van der Waals surface area contributed by atoms with Crippen LogP contribution in [0.5, 0.6) is 11.5 Å². The SMILES string of the molecule is CCOc1cc(/C=C2\SC(=O)N(CC(=O)OC(C)C)C2=O)cc(I)c1OCc1ccc([N+](=O)[O-])cc1. The largest absolute Gasteiger partial charge is 0.490 e. The minimum Gasteiger partial charge on any atom is -0.490 e. The Bertz CT molecular complexity index is 1210. The van der Waals surface area contributed by atoms with Gasteiger partial charge in [0.25, 0.3) is 16.8 Å². The normalized spacial score (nSPS) is 14.5. The number of rotatable bonds is 10. The number of thioether (sulfide) groups is 1. The van der Waals surface area contributed by atoms with Crippen LogP contribution in [-0.4, -0.2) is 46.2 Å². The molecule has 2 amide bonds. The monoisotopic (exact) mass is 626 g/mol. The van der Waals surface area contributed by atoms with Crippen molar-refractivity contribution in [2.45, 2.75) is 33.5 Å². The number of hydrogen-bond acceptors (Lipinski definition) is 9. The van der Waals surface area contributed by atoms with Crippen LogP contribution in [0.4, 0.5) is 10.5 Å². The van der Waals surface area contributed by atoms with Crippen LogP contribution in [0.1, 0.15) is 31.9 Å². The summed E-state index contributed by atoms with van der Waals surface area (Å²) < 4.78 is 17.4. The van der Waals surface area contributed by atoms with Gasteiger partial charge in [-0.3, -0.25) is 29.4 Å². The maximum atomic E-state index is 12.7. The van der Waals surface area contributed by atoms with E-state index in [1.54, 1.807) is 44.2 Å². The lowest BCUT2D eigenvalue weighted by Crippen LogP contribution is -2.35. The number of carbonyl (C=O) groups excluding carboxylic acids is 3. The summed E-state index contributed by atoms with van der Waals surface area (Å²) in [5.74, 6) is -0.303. The summed E-state index contributed by atoms with van der Waals surface area (Å²) in [6, 6.07) is 9.52. The van der Waals surface area contributed by atoms with Crippen molar-refractivity contribution in [3.8, 4) is 11.5 Å². The van der Waals surface area contributed by atoms with Gasteiger partial charge < -0.3 is 14.2 Å². The molecule has 1 fully saturated rings. The highest BCUT2D eigenvalue weighted by atomic mass is 127. The maximum Gasteiger partial charge on any atom is 0.326 e. The van der Waals surface area contributed by atoms with Gasteiger partial charge in [0, 0.05) is 12.1 Å². The second kappa shape index (κ2) is 12.2. The van der Waals surface area contributed by atoms with Crippen LogP contribution in [0.3, 0.4) is 0 Å². The van der Waals surface area contributed by atoms with Crippen molar-refractivity contribution in [3.63, 3.8) is 0 Å². The minimum absolute atomic E-state index is 0.00563. The van der Waals surface area contributed by atoms with Gasteiger partial charge in [0.1, 0.15) is 13.2 Å². The van der Waals surface area contributed by atoms with E-state index in [1.165, 1.54) is 12.1 Å². The molecule has 3 rings (SSSR count). The fourth-order valence-electron chi connectivity index (χ4n) is 3.16. The van der Waals surface area contributed by atoms with E-state index >= 15 is 0 Å². The fourth-order valence-corrected chi connectivity index (χ4v) is 4.78. The molecular formula is C24H23IN2O8S. The summed E-state index contributed by atoms with van der Waals surface area (Å²) in [5.41, 5.74) is 1.35. The van der Waals surface area contributed by atoms with Crippen molar-refractivity contribution in [2.75, 3.05) is 13.2 Å². The average Bonchev–Trinajstić information content (AvgIpc) is 3.05. The predicted molar refractivity (Wildman–Crippen MR) is 142 cm³/mol. The molecule has 0 unspecified atom stereocenters. The zero-order chi connectivity index (χ0) is 26.4. The molecule has 0 aromatic heterocycles. The number of non-ortho nitro benzene ring substituents is 1. The van der Waals surface area contributed by atoms with Crippen LogP contribution in [0.25, 0.3) is 6.08 Å². The third-order valence-corrected chi connectivity index (χ3v) is 6.40. The van der Waals surface area contributed by atoms with E-state index in [4.69, 9.17) is 14.2 Å². The smallest absolute Gasteiger partial charge is 0.326 e. The van der Waals surface area contributed by atoms with E-state index in [0.29, 0.717) is 27.2 Å². The molecule has 0 N–H and O–H groups in total. The highest BCUT2D eigenvalue weighted by Gasteiger charge is 2.37. The maximum absolute atomic E-state index is 12.7. The Morgan fingerprint density at radius 3 is 2.50 bits per heavy atom. The summed E-state index contributed by atoms with van der Waals surface area (Å²) in [7, 11) is 0. The van der Waals surface area contributed by atoms with Crippen molar-refractivity contribution in [1.29, 1.82) is 0 Å². The summed E-state index contributed by atoms with van der Waals surface area (Å²) in [6.45, 7) is 5.27. The van der Waals surface area contributed by atoms with E-state index in [9.17, 15) is 24.5 Å². The van der Waals surface area contributed by atoms with Gasteiger partial charge in [-0.2, -0.15) is 0 Å². The van der Waals surface area contributed by atoms with E-state index in [2.05, 4.69) is 22.6 Å². The molecule has 0 saturated carbocycles. The Hall–Kier alpha value is -3.13. The molecule has 0 aliphatic carbocycles. The quantitative estimate of drug-likeness (QED) is 0.116. The zero-order valence-corrected chi connectivity index (χ0v) is 22.7. The van der Waals surface area contributed by atoms with Crippen molar-refractivity contribution < 1.29 is 33.5 Å². The van der Waals surface area contributed by atoms with Crippen LogP contribution in [0.15, 0.2) is 41.3 Å². The summed E-state index contributed by atoms with van der Waals surface area (Å²) in [6.07, 6.45) is 1.21. The first-order valence-electron chi connectivity index (χ1n) is 10.9.